The smallest absolute Gasteiger partial charge is 0.410 e. The molecule has 1 amide bonds. The molecule has 0 aromatic heterocycles. The quantitative estimate of drug-likeness (QED) is 0.636. The molecule has 0 saturated carbocycles. The third-order valence-corrected chi connectivity index (χ3v) is 2.58. The SMILES string of the molecule is CC=CCOC(=O)N1CCC(C)CC1. The Bertz CT molecular complexity index is 205. The van der Waals surface area contributed by atoms with Crippen LogP contribution in [0.25, 0.3) is 0 Å². The van der Waals surface area contributed by atoms with Gasteiger partial charge in [0.2, 0.25) is 0 Å². The second-order valence-electron chi connectivity index (χ2n) is 3.82. The van der Waals surface area contributed by atoms with Crippen molar-refractivity contribution in [3.8, 4) is 0 Å². The van der Waals surface area contributed by atoms with Crippen molar-refractivity contribution < 1.29 is 9.53 Å². The summed E-state index contributed by atoms with van der Waals surface area (Å²) in [6, 6.07) is 0. The molecule has 80 valence electrons. The first-order valence-electron chi connectivity index (χ1n) is 5.27. The summed E-state index contributed by atoms with van der Waals surface area (Å²) in [6.07, 6.45) is 5.74. The number of nitrogens with zero attached hydrogens (tertiary/aromatic N) is 1. The number of ether oxygens (including phenoxy) is 1. The van der Waals surface area contributed by atoms with Crippen molar-refractivity contribution in [1.29, 1.82) is 0 Å². The highest BCUT2D eigenvalue weighted by Gasteiger charge is 2.20. The lowest BCUT2D eigenvalue weighted by molar-refractivity contribution is 0.0978. The molecule has 1 heterocycles. The molecule has 14 heavy (non-hydrogen) atoms. The van der Waals surface area contributed by atoms with Crippen LogP contribution in [0.2, 0.25) is 0 Å². The van der Waals surface area contributed by atoms with E-state index in [0.717, 1.165) is 31.8 Å². The van der Waals surface area contributed by atoms with Crippen LogP contribution in [0.1, 0.15) is 26.7 Å². The lowest BCUT2D eigenvalue weighted by atomic mass is 10.00. The highest BCUT2D eigenvalue weighted by Crippen LogP contribution is 2.16. The summed E-state index contributed by atoms with van der Waals surface area (Å²) in [5, 5.41) is 0. The molecule has 0 radical (unpaired) electrons. The van der Waals surface area contributed by atoms with Crippen molar-refractivity contribution in [2.45, 2.75) is 26.7 Å². The standard InChI is InChI=1S/C11H19NO2/c1-3-4-9-14-11(13)12-7-5-10(2)6-8-12/h3-4,10H,5-9H2,1-2H3. The van der Waals surface area contributed by atoms with Crippen molar-refractivity contribution in [3.63, 3.8) is 0 Å². The van der Waals surface area contributed by atoms with Crippen LogP contribution in [0, 0.1) is 5.92 Å². The predicted molar refractivity (Wildman–Crippen MR) is 56.1 cm³/mol. The molecule has 3 nitrogen and oxygen atoms in total. The summed E-state index contributed by atoms with van der Waals surface area (Å²) in [5.74, 6) is 0.745. The fraction of sp³-hybridized carbons (Fsp3) is 0.727. The molecule has 0 aromatic rings. The van der Waals surface area contributed by atoms with E-state index in [-0.39, 0.29) is 6.09 Å². The number of hydrogen-bond donors (Lipinski definition) is 0. The third kappa shape index (κ3) is 3.40. The van der Waals surface area contributed by atoms with Gasteiger partial charge in [-0.2, -0.15) is 0 Å². The Kier molecular flexibility index (Phi) is 4.50. The Morgan fingerprint density at radius 2 is 2.14 bits per heavy atom. The number of piperidine rings is 1. The van der Waals surface area contributed by atoms with Gasteiger partial charge in [-0.25, -0.2) is 4.79 Å². The number of rotatable bonds is 2. The highest BCUT2D eigenvalue weighted by molar-refractivity contribution is 5.67. The molecule has 1 saturated heterocycles. The second-order valence-corrected chi connectivity index (χ2v) is 3.82. The van der Waals surface area contributed by atoms with Crippen LogP contribution in [0.5, 0.6) is 0 Å². The predicted octanol–water partition coefficient (Wildman–Crippen LogP) is 2.43. The number of likely N-dealkylation sites (tertiary alicyclic amines) is 1. The normalized spacial score (nSPS) is 18.9. The topological polar surface area (TPSA) is 29.5 Å². The molecule has 1 fully saturated rings. The van der Waals surface area contributed by atoms with Crippen LogP contribution < -0.4 is 0 Å². The van der Waals surface area contributed by atoms with E-state index in [0.29, 0.717) is 6.61 Å². The molecule has 3 heteroatoms. The van der Waals surface area contributed by atoms with Gasteiger partial charge < -0.3 is 9.64 Å². The fourth-order valence-electron chi connectivity index (χ4n) is 1.50. The van der Waals surface area contributed by atoms with Gasteiger partial charge in [-0.1, -0.05) is 19.1 Å². The lowest BCUT2D eigenvalue weighted by Crippen LogP contribution is -2.38. The maximum atomic E-state index is 11.4. The van der Waals surface area contributed by atoms with Crippen molar-refractivity contribution in [2.24, 2.45) is 5.92 Å². The summed E-state index contributed by atoms with van der Waals surface area (Å²) < 4.78 is 5.06. The van der Waals surface area contributed by atoms with Crippen molar-refractivity contribution >= 4 is 6.09 Å². The Morgan fingerprint density at radius 3 is 2.71 bits per heavy atom. The molecule has 1 rings (SSSR count). The molecule has 1 aliphatic rings. The average Bonchev–Trinajstić information content (AvgIpc) is 2.19. The van der Waals surface area contributed by atoms with Crippen molar-refractivity contribution in [3.05, 3.63) is 12.2 Å². The van der Waals surface area contributed by atoms with E-state index >= 15 is 0 Å². The highest BCUT2D eigenvalue weighted by atomic mass is 16.6. The summed E-state index contributed by atoms with van der Waals surface area (Å²) in [4.78, 5) is 13.2. The van der Waals surface area contributed by atoms with E-state index in [1.54, 1.807) is 4.90 Å². The van der Waals surface area contributed by atoms with E-state index in [1.807, 2.05) is 19.1 Å². The minimum absolute atomic E-state index is 0.171. The molecule has 0 bridgehead atoms. The molecule has 0 spiro atoms. The summed E-state index contributed by atoms with van der Waals surface area (Å²) in [5.41, 5.74) is 0. The molecular weight excluding hydrogens is 178 g/mol. The molecule has 1 aliphatic heterocycles. The largest absolute Gasteiger partial charge is 0.445 e. The van der Waals surface area contributed by atoms with E-state index in [9.17, 15) is 4.79 Å². The molecule has 0 N–H and O–H groups in total. The molecular formula is C11H19NO2. The number of carbonyl (C=O) groups is 1. The second kappa shape index (κ2) is 5.68. The van der Waals surface area contributed by atoms with Gasteiger partial charge in [0.05, 0.1) is 0 Å². The van der Waals surface area contributed by atoms with Gasteiger partial charge >= 0.3 is 6.09 Å². The number of allylic oxidation sites excluding steroid dienone is 1. The zero-order valence-corrected chi connectivity index (χ0v) is 9.03. The summed E-state index contributed by atoms with van der Waals surface area (Å²) >= 11 is 0. The van der Waals surface area contributed by atoms with Crippen LogP contribution >= 0.6 is 0 Å². The van der Waals surface area contributed by atoms with Gasteiger partial charge in [-0.05, 0) is 25.7 Å². The maximum Gasteiger partial charge on any atom is 0.410 e. The third-order valence-electron chi connectivity index (χ3n) is 2.58. The minimum atomic E-state index is -0.171. The van der Waals surface area contributed by atoms with Crippen molar-refractivity contribution in [2.75, 3.05) is 19.7 Å². The van der Waals surface area contributed by atoms with E-state index in [1.165, 1.54) is 0 Å². The average molecular weight is 197 g/mol. The van der Waals surface area contributed by atoms with Crippen LogP contribution in [0.15, 0.2) is 12.2 Å². The first-order chi connectivity index (χ1) is 6.74. The minimum Gasteiger partial charge on any atom is -0.445 e. The van der Waals surface area contributed by atoms with Crippen LogP contribution in [-0.4, -0.2) is 30.7 Å². The van der Waals surface area contributed by atoms with E-state index < -0.39 is 0 Å². The monoisotopic (exact) mass is 197 g/mol. The first-order valence-corrected chi connectivity index (χ1v) is 5.27. The molecule has 0 atom stereocenters. The number of hydrogen-bond acceptors (Lipinski definition) is 2. The lowest BCUT2D eigenvalue weighted by Gasteiger charge is -2.29. The van der Waals surface area contributed by atoms with Gasteiger partial charge in [0.15, 0.2) is 0 Å². The Labute approximate surface area is 85.7 Å². The zero-order chi connectivity index (χ0) is 10.4. The van der Waals surface area contributed by atoms with Crippen molar-refractivity contribution in [1.82, 2.24) is 4.90 Å². The Hall–Kier alpha value is -0.990. The van der Waals surface area contributed by atoms with Gasteiger partial charge in [-0.15, -0.1) is 0 Å². The van der Waals surface area contributed by atoms with Gasteiger partial charge in [0, 0.05) is 13.1 Å². The molecule has 0 unspecified atom stereocenters. The van der Waals surface area contributed by atoms with Gasteiger partial charge in [0.25, 0.3) is 0 Å². The molecule has 0 aromatic carbocycles. The zero-order valence-electron chi connectivity index (χ0n) is 9.03. The fourth-order valence-corrected chi connectivity index (χ4v) is 1.50. The summed E-state index contributed by atoms with van der Waals surface area (Å²) in [6.45, 7) is 6.21. The van der Waals surface area contributed by atoms with Crippen LogP contribution in [0.3, 0.4) is 0 Å². The van der Waals surface area contributed by atoms with Crippen LogP contribution in [0.4, 0.5) is 4.79 Å². The van der Waals surface area contributed by atoms with Gasteiger partial charge in [0.1, 0.15) is 6.61 Å². The van der Waals surface area contributed by atoms with Gasteiger partial charge in [-0.3, -0.25) is 0 Å². The first kappa shape index (κ1) is 11.1. The Balaban J connectivity index is 2.24. The Morgan fingerprint density at radius 1 is 1.50 bits per heavy atom. The molecule has 0 aliphatic carbocycles. The number of carbonyl (C=O) groups excluding carboxylic acids is 1. The van der Waals surface area contributed by atoms with E-state index in [2.05, 4.69) is 6.92 Å². The van der Waals surface area contributed by atoms with Crippen LogP contribution in [-0.2, 0) is 4.74 Å². The number of amides is 1. The summed E-state index contributed by atoms with van der Waals surface area (Å²) in [7, 11) is 0. The maximum absolute atomic E-state index is 11.4. The van der Waals surface area contributed by atoms with E-state index in [4.69, 9.17) is 4.74 Å².